The molecule has 3 rings (SSSR count). The van der Waals surface area contributed by atoms with Gasteiger partial charge in [0.1, 0.15) is 0 Å². The number of rotatable bonds is 1. The van der Waals surface area contributed by atoms with Crippen LogP contribution in [-0.4, -0.2) is 4.57 Å². The zero-order valence-electron chi connectivity index (χ0n) is 8.14. The van der Waals surface area contributed by atoms with Crippen molar-refractivity contribution >= 4 is 0 Å². The lowest BCUT2D eigenvalue weighted by Crippen LogP contribution is -2.19. The van der Waals surface area contributed by atoms with Crippen molar-refractivity contribution in [2.24, 2.45) is 12.8 Å². The predicted molar refractivity (Wildman–Crippen MR) is 52.5 cm³/mol. The molecule has 2 heteroatoms. The summed E-state index contributed by atoms with van der Waals surface area (Å²) in [6.45, 7) is 0. The van der Waals surface area contributed by atoms with Crippen LogP contribution in [0.1, 0.15) is 36.1 Å². The molecule has 1 fully saturated rings. The highest BCUT2D eigenvalue weighted by atomic mass is 15.0. The van der Waals surface area contributed by atoms with Crippen molar-refractivity contribution < 1.29 is 0 Å². The van der Waals surface area contributed by atoms with E-state index >= 15 is 0 Å². The highest BCUT2D eigenvalue weighted by Crippen LogP contribution is 2.46. The van der Waals surface area contributed by atoms with Crippen molar-refractivity contribution in [3.05, 3.63) is 23.0 Å². The lowest BCUT2D eigenvalue weighted by atomic mass is 10.0. The number of aromatic nitrogens is 1. The minimum Gasteiger partial charge on any atom is -0.354 e. The largest absolute Gasteiger partial charge is 0.354 e. The van der Waals surface area contributed by atoms with Gasteiger partial charge in [-0.25, -0.2) is 0 Å². The highest BCUT2D eigenvalue weighted by molar-refractivity contribution is 5.42. The summed E-state index contributed by atoms with van der Waals surface area (Å²) in [6, 6.07) is 0. The van der Waals surface area contributed by atoms with Crippen LogP contribution >= 0.6 is 0 Å². The van der Waals surface area contributed by atoms with Crippen LogP contribution in [0.5, 0.6) is 0 Å². The molecule has 2 aliphatic carbocycles. The average molecular weight is 176 g/mol. The fourth-order valence-corrected chi connectivity index (χ4v) is 2.59. The Morgan fingerprint density at radius 3 is 2.85 bits per heavy atom. The third-order valence-electron chi connectivity index (χ3n) is 3.59. The van der Waals surface area contributed by atoms with Crippen LogP contribution in [-0.2, 0) is 25.4 Å². The molecule has 0 radical (unpaired) electrons. The van der Waals surface area contributed by atoms with E-state index in [1.165, 1.54) is 43.4 Å². The molecule has 0 unspecified atom stereocenters. The van der Waals surface area contributed by atoms with E-state index in [1.54, 1.807) is 5.56 Å². The quantitative estimate of drug-likeness (QED) is 0.690. The normalized spacial score (nSPS) is 23.2. The molecule has 1 aromatic heterocycles. The van der Waals surface area contributed by atoms with Gasteiger partial charge in [-0.1, -0.05) is 0 Å². The number of hydrogen-bond donors (Lipinski definition) is 1. The molecule has 0 saturated heterocycles. The molecular formula is C11H16N2. The second-order valence-electron chi connectivity index (χ2n) is 4.59. The van der Waals surface area contributed by atoms with E-state index in [0.717, 1.165) is 0 Å². The van der Waals surface area contributed by atoms with Crippen molar-refractivity contribution in [3.8, 4) is 0 Å². The van der Waals surface area contributed by atoms with Crippen LogP contribution in [0.4, 0.5) is 0 Å². The van der Waals surface area contributed by atoms with Gasteiger partial charge in [0, 0.05) is 24.5 Å². The molecule has 0 atom stereocenters. The Hall–Kier alpha value is -0.760. The van der Waals surface area contributed by atoms with Crippen LogP contribution in [0.3, 0.4) is 0 Å². The molecule has 2 N–H and O–H groups in total. The summed E-state index contributed by atoms with van der Waals surface area (Å²) in [5, 5.41) is 0. The first kappa shape index (κ1) is 7.63. The zero-order chi connectivity index (χ0) is 9.05. The van der Waals surface area contributed by atoms with Gasteiger partial charge in [-0.15, -0.1) is 0 Å². The second-order valence-corrected chi connectivity index (χ2v) is 4.59. The number of fused-ring (bicyclic) bond motifs is 1. The first-order chi connectivity index (χ1) is 6.21. The average Bonchev–Trinajstić information content (AvgIpc) is 2.62. The van der Waals surface area contributed by atoms with Crippen LogP contribution in [0.25, 0.3) is 0 Å². The van der Waals surface area contributed by atoms with E-state index in [2.05, 4.69) is 17.8 Å². The first-order valence-corrected chi connectivity index (χ1v) is 5.17. The van der Waals surface area contributed by atoms with Gasteiger partial charge >= 0.3 is 0 Å². The van der Waals surface area contributed by atoms with Gasteiger partial charge in [0.2, 0.25) is 0 Å². The molecule has 0 aromatic carbocycles. The number of nitrogens with two attached hydrogens (primary N) is 1. The Bertz CT molecular complexity index is 358. The fourth-order valence-electron chi connectivity index (χ4n) is 2.59. The van der Waals surface area contributed by atoms with E-state index in [4.69, 9.17) is 5.73 Å². The van der Waals surface area contributed by atoms with E-state index < -0.39 is 0 Å². The smallest absolute Gasteiger partial charge is 0.0429 e. The van der Waals surface area contributed by atoms with E-state index in [0.29, 0.717) is 0 Å². The van der Waals surface area contributed by atoms with Gasteiger partial charge in [0.25, 0.3) is 0 Å². The molecule has 0 aliphatic heterocycles. The third kappa shape index (κ3) is 0.923. The summed E-state index contributed by atoms with van der Waals surface area (Å²) in [5.41, 5.74) is 10.9. The van der Waals surface area contributed by atoms with Crippen molar-refractivity contribution in [2.75, 3.05) is 0 Å². The van der Waals surface area contributed by atoms with Crippen LogP contribution < -0.4 is 5.73 Å². The van der Waals surface area contributed by atoms with Gasteiger partial charge in [-0.05, 0) is 43.2 Å². The van der Waals surface area contributed by atoms with E-state index in [-0.39, 0.29) is 5.54 Å². The van der Waals surface area contributed by atoms with Gasteiger partial charge in [-0.2, -0.15) is 0 Å². The lowest BCUT2D eigenvalue weighted by molar-refractivity contribution is 0.717. The Balaban J connectivity index is 2.16. The van der Waals surface area contributed by atoms with Crippen molar-refractivity contribution in [3.63, 3.8) is 0 Å². The molecule has 1 aromatic rings. The predicted octanol–water partition coefficient (Wildman–Crippen LogP) is 1.46. The van der Waals surface area contributed by atoms with E-state index in [1.807, 2.05) is 0 Å². The Labute approximate surface area is 78.7 Å². The number of nitrogens with zero attached hydrogens (tertiary/aromatic N) is 1. The Kier molecular flexibility index (Phi) is 1.28. The summed E-state index contributed by atoms with van der Waals surface area (Å²) < 4.78 is 2.28. The van der Waals surface area contributed by atoms with Gasteiger partial charge in [0.15, 0.2) is 0 Å². The van der Waals surface area contributed by atoms with Gasteiger partial charge in [-0.3, -0.25) is 0 Å². The maximum atomic E-state index is 6.24. The number of hydrogen-bond acceptors (Lipinski definition) is 1. The molecule has 2 aliphatic rings. The summed E-state index contributed by atoms with van der Waals surface area (Å²) in [4.78, 5) is 0. The monoisotopic (exact) mass is 176 g/mol. The standard InChI is InChI=1S/C11H16N2/c1-13-7-9(11(12)5-6-11)8-3-2-4-10(8)13/h7H,2-6,12H2,1H3. The van der Waals surface area contributed by atoms with Crippen molar-refractivity contribution in [2.45, 2.75) is 37.6 Å². The van der Waals surface area contributed by atoms with Crippen molar-refractivity contribution in [1.29, 1.82) is 0 Å². The van der Waals surface area contributed by atoms with Gasteiger partial charge in [0.05, 0.1) is 0 Å². The van der Waals surface area contributed by atoms with Crippen LogP contribution in [0.15, 0.2) is 6.20 Å². The lowest BCUT2D eigenvalue weighted by Gasteiger charge is -2.07. The SMILES string of the molecule is Cn1cc(C2(N)CC2)c2c1CCC2. The molecule has 0 bridgehead atoms. The molecule has 13 heavy (non-hydrogen) atoms. The zero-order valence-corrected chi connectivity index (χ0v) is 8.14. The molecule has 0 amide bonds. The number of aryl methyl sites for hydroxylation is 1. The van der Waals surface area contributed by atoms with Crippen molar-refractivity contribution in [1.82, 2.24) is 4.57 Å². The topological polar surface area (TPSA) is 30.9 Å². The Morgan fingerprint density at radius 2 is 2.15 bits per heavy atom. The summed E-state index contributed by atoms with van der Waals surface area (Å²) >= 11 is 0. The first-order valence-electron chi connectivity index (χ1n) is 5.17. The maximum absolute atomic E-state index is 6.24. The molecule has 2 nitrogen and oxygen atoms in total. The summed E-state index contributed by atoms with van der Waals surface area (Å²) in [5.74, 6) is 0. The van der Waals surface area contributed by atoms with Crippen LogP contribution in [0.2, 0.25) is 0 Å². The Morgan fingerprint density at radius 1 is 1.38 bits per heavy atom. The van der Waals surface area contributed by atoms with E-state index in [9.17, 15) is 0 Å². The minimum absolute atomic E-state index is 0.0652. The molecule has 0 spiro atoms. The molecule has 1 saturated carbocycles. The summed E-state index contributed by atoms with van der Waals surface area (Å²) in [6.07, 6.45) is 8.46. The summed E-state index contributed by atoms with van der Waals surface area (Å²) in [7, 11) is 2.15. The van der Waals surface area contributed by atoms with Crippen LogP contribution in [0, 0.1) is 0 Å². The molecular weight excluding hydrogens is 160 g/mol. The minimum atomic E-state index is 0.0652. The molecule has 70 valence electrons. The highest BCUT2D eigenvalue weighted by Gasteiger charge is 2.43. The molecule has 1 heterocycles. The third-order valence-corrected chi connectivity index (χ3v) is 3.59. The fraction of sp³-hybridized carbons (Fsp3) is 0.636. The maximum Gasteiger partial charge on any atom is 0.0429 e. The van der Waals surface area contributed by atoms with Gasteiger partial charge < -0.3 is 10.3 Å². The second kappa shape index (κ2) is 2.18.